The number of aryl methyl sites for hydroxylation is 1. The highest BCUT2D eigenvalue weighted by atomic mass is 16.4. The number of anilines is 1. The highest BCUT2D eigenvalue weighted by Crippen LogP contribution is 2.38. The predicted octanol–water partition coefficient (Wildman–Crippen LogP) is 2.43. The van der Waals surface area contributed by atoms with E-state index in [4.69, 9.17) is 0 Å². The molecule has 0 saturated carbocycles. The molecule has 4 rings (SSSR count). The summed E-state index contributed by atoms with van der Waals surface area (Å²) < 4.78 is 1.59. The Morgan fingerprint density at radius 1 is 1.25 bits per heavy atom. The van der Waals surface area contributed by atoms with Crippen LogP contribution in [0.25, 0.3) is 10.8 Å². The summed E-state index contributed by atoms with van der Waals surface area (Å²) in [4.78, 5) is 15.7. The van der Waals surface area contributed by atoms with Crippen molar-refractivity contribution in [3.05, 3.63) is 59.6 Å². The molecule has 2 heterocycles. The van der Waals surface area contributed by atoms with Crippen molar-refractivity contribution in [1.82, 2.24) is 14.8 Å². The maximum Gasteiger partial charge on any atom is 0.352 e. The molecule has 1 aliphatic rings. The highest BCUT2D eigenvalue weighted by Gasteiger charge is 2.29. The van der Waals surface area contributed by atoms with Crippen LogP contribution in [0.15, 0.2) is 48.2 Å². The molecule has 0 aliphatic carbocycles. The summed E-state index contributed by atoms with van der Waals surface area (Å²) in [6, 6.07) is 10.5. The van der Waals surface area contributed by atoms with Crippen LogP contribution >= 0.6 is 0 Å². The van der Waals surface area contributed by atoms with Crippen molar-refractivity contribution in [2.24, 2.45) is 0 Å². The lowest BCUT2D eigenvalue weighted by Gasteiger charge is -2.24. The molecule has 0 radical (unpaired) electrons. The Hall–Kier alpha value is -3.35. The average Bonchev–Trinajstić information content (AvgIpc) is 2.94. The third-order valence-corrected chi connectivity index (χ3v) is 4.05. The monoisotopic (exact) mass is 322 g/mol. The molecular weight excluding hydrogens is 308 g/mol. The summed E-state index contributed by atoms with van der Waals surface area (Å²) in [7, 11) is 0. The van der Waals surface area contributed by atoms with E-state index in [1.54, 1.807) is 17.7 Å². The molecule has 24 heavy (non-hydrogen) atoms. The van der Waals surface area contributed by atoms with E-state index < -0.39 is 12.0 Å². The Labute approximate surface area is 136 Å². The molecule has 1 aliphatic heterocycles. The summed E-state index contributed by atoms with van der Waals surface area (Å²) >= 11 is 0. The minimum absolute atomic E-state index is 0.00670. The van der Waals surface area contributed by atoms with Gasteiger partial charge in [-0.15, -0.1) is 0 Å². The molecule has 0 unspecified atom stereocenters. The molecule has 1 atom stereocenters. The number of aliphatic carboxylic acids is 1. The molecular formula is C17H14N4O3. The normalized spacial score (nSPS) is 16.4. The zero-order chi connectivity index (χ0) is 16.8. The Balaban J connectivity index is 2.01. The molecule has 7 nitrogen and oxygen atoms in total. The van der Waals surface area contributed by atoms with Crippen LogP contribution in [-0.2, 0) is 4.79 Å². The molecule has 7 heteroatoms. The average molecular weight is 322 g/mol. The number of carboxylic acids is 1. The molecule has 0 amide bonds. The number of hydrogen-bond acceptors (Lipinski definition) is 5. The van der Waals surface area contributed by atoms with E-state index in [9.17, 15) is 15.0 Å². The lowest BCUT2D eigenvalue weighted by molar-refractivity contribution is -0.132. The number of benzene rings is 2. The number of nitrogens with one attached hydrogen (secondary N) is 1. The van der Waals surface area contributed by atoms with Crippen LogP contribution in [0.5, 0.6) is 5.75 Å². The second-order valence-corrected chi connectivity index (χ2v) is 5.60. The van der Waals surface area contributed by atoms with Gasteiger partial charge in [-0.3, -0.25) is 0 Å². The van der Waals surface area contributed by atoms with E-state index in [1.165, 1.54) is 6.08 Å². The number of rotatable bonds is 2. The van der Waals surface area contributed by atoms with Gasteiger partial charge in [0, 0.05) is 5.56 Å². The standard InChI is InChI=1S/C17H14N4O3/c1-9-18-17-19-12(16(23)24)8-13(21(17)20-9)15-11-5-3-2-4-10(11)6-7-14(15)22/h2-8,13,22H,1H3,(H,23,24)(H,18,19,20)/t13-/m1/s1. The van der Waals surface area contributed by atoms with Crippen molar-refractivity contribution < 1.29 is 15.0 Å². The van der Waals surface area contributed by atoms with Gasteiger partial charge in [0.1, 0.15) is 23.3 Å². The molecule has 0 bridgehead atoms. The number of allylic oxidation sites excluding steroid dienone is 1. The van der Waals surface area contributed by atoms with E-state index in [1.807, 2.05) is 30.3 Å². The Kier molecular flexibility index (Phi) is 3.02. The first-order valence-corrected chi connectivity index (χ1v) is 7.40. The maximum atomic E-state index is 11.4. The van der Waals surface area contributed by atoms with Crippen molar-refractivity contribution in [3.63, 3.8) is 0 Å². The van der Waals surface area contributed by atoms with Crippen LogP contribution in [0.4, 0.5) is 5.95 Å². The second-order valence-electron chi connectivity index (χ2n) is 5.60. The van der Waals surface area contributed by atoms with Crippen LogP contribution in [0.3, 0.4) is 0 Å². The number of hydrogen-bond donors (Lipinski definition) is 3. The van der Waals surface area contributed by atoms with Gasteiger partial charge in [-0.2, -0.15) is 10.1 Å². The van der Waals surface area contributed by atoms with Crippen molar-refractivity contribution in [1.29, 1.82) is 0 Å². The zero-order valence-electron chi connectivity index (χ0n) is 12.8. The smallest absolute Gasteiger partial charge is 0.352 e. The van der Waals surface area contributed by atoms with Crippen molar-refractivity contribution in [2.75, 3.05) is 5.32 Å². The number of aromatic nitrogens is 3. The topological polar surface area (TPSA) is 100 Å². The molecule has 120 valence electrons. The Bertz CT molecular complexity index is 1010. The number of nitrogens with zero attached hydrogens (tertiary/aromatic N) is 3. The predicted molar refractivity (Wildman–Crippen MR) is 87.9 cm³/mol. The van der Waals surface area contributed by atoms with Gasteiger partial charge in [0.2, 0.25) is 5.95 Å². The number of phenolic OH excluding ortho intramolecular Hbond substituents is 1. The molecule has 0 fully saturated rings. The van der Waals surface area contributed by atoms with Crippen LogP contribution < -0.4 is 5.32 Å². The molecule has 2 aromatic carbocycles. The quantitative estimate of drug-likeness (QED) is 0.670. The van der Waals surface area contributed by atoms with E-state index in [0.717, 1.165) is 10.8 Å². The van der Waals surface area contributed by atoms with Crippen molar-refractivity contribution >= 4 is 22.7 Å². The zero-order valence-corrected chi connectivity index (χ0v) is 12.8. The highest BCUT2D eigenvalue weighted by molar-refractivity contribution is 5.92. The van der Waals surface area contributed by atoms with E-state index in [0.29, 0.717) is 17.3 Å². The first-order chi connectivity index (χ1) is 11.5. The van der Waals surface area contributed by atoms with Gasteiger partial charge in [-0.25, -0.2) is 9.48 Å². The van der Waals surface area contributed by atoms with Crippen LogP contribution in [0, 0.1) is 6.92 Å². The number of aromatic hydroxyl groups is 1. The molecule has 1 aromatic heterocycles. The third kappa shape index (κ3) is 2.10. The van der Waals surface area contributed by atoms with Gasteiger partial charge in [0.25, 0.3) is 0 Å². The minimum Gasteiger partial charge on any atom is -0.508 e. The van der Waals surface area contributed by atoms with Gasteiger partial charge in [0.05, 0.1) is 0 Å². The first-order valence-electron chi connectivity index (χ1n) is 7.40. The van der Waals surface area contributed by atoms with Gasteiger partial charge < -0.3 is 15.5 Å². The van der Waals surface area contributed by atoms with Gasteiger partial charge in [0.15, 0.2) is 0 Å². The van der Waals surface area contributed by atoms with E-state index in [-0.39, 0.29) is 11.4 Å². The second kappa shape index (κ2) is 5.09. The summed E-state index contributed by atoms with van der Waals surface area (Å²) in [6.07, 6.45) is 1.53. The molecule has 3 N–H and O–H groups in total. The van der Waals surface area contributed by atoms with E-state index in [2.05, 4.69) is 15.4 Å². The number of carbonyl (C=O) groups is 1. The SMILES string of the molecule is Cc1nc2n(n1)[C@@H](c1c(O)ccc3ccccc13)C=C(C(=O)O)N2. The maximum absolute atomic E-state index is 11.4. The number of carboxylic acid groups (broad SMARTS) is 1. The van der Waals surface area contributed by atoms with Gasteiger partial charge >= 0.3 is 5.97 Å². The molecule has 0 saturated heterocycles. The van der Waals surface area contributed by atoms with E-state index >= 15 is 0 Å². The molecule has 0 spiro atoms. The fraction of sp³-hybridized carbons (Fsp3) is 0.118. The van der Waals surface area contributed by atoms with Crippen LogP contribution in [0.2, 0.25) is 0 Å². The molecule has 3 aromatic rings. The van der Waals surface area contributed by atoms with Crippen molar-refractivity contribution in [3.8, 4) is 5.75 Å². The van der Waals surface area contributed by atoms with Gasteiger partial charge in [-0.05, 0) is 29.8 Å². The van der Waals surface area contributed by atoms with Crippen molar-refractivity contribution in [2.45, 2.75) is 13.0 Å². The van der Waals surface area contributed by atoms with Crippen LogP contribution in [0.1, 0.15) is 17.4 Å². The Morgan fingerprint density at radius 3 is 2.83 bits per heavy atom. The summed E-state index contributed by atoms with van der Waals surface area (Å²) in [5.41, 5.74) is 0.603. The van der Waals surface area contributed by atoms with Gasteiger partial charge in [-0.1, -0.05) is 30.3 Å². The lowest BCUT2D eigenvalue weighted by Crippen LogP contribution is -2.24. The largest absolute Gasteiger partial charge is 0.508 e. The third-order valence-electron chi connectivity index (χ3n) is 4.05. The van der Waals surface area contributed by atoms with Crippen LogP contribution in [-0.4, -0.2) is 30.9 Å². The summed E-state index contributed by atoms with van der Waals surface area (Å²) in [5, 5.41) is 28.7. The Morgan fingerprint density at radius 2 is 2.04 bits per heavy atom. The number of phenols is 1. The number of fused-ring (bicyclic) bond motifs is 2. The fourth-order valence-electron chi connectivity index (χ4n) is 3.03. The summed E-state index contributed by atoms with van der Waals surface area (Å²) in [5.74, 6) is -0.153. The first kappa shape index (κ1) is 14.3. The minimum atomic E-state index is -1.09. The fourth-order valence-corrected chi connectivity index (χ4v) is 3.03. The summed E-state index contributed by atoms with van der Waals surface area (Å²) in [6.45, 7) is 1.73. The lowest BCUT2D eigenvalue weighted by atomic mass is 9.96.